The smallest absolute Gasteiger partial charge is 0.334 e. The molecule has 1 saturated heterocycles. The number of hydrogen-bond donors (Lipinski definition) is 1. The highest BCUT2D eigenvalue weighted by Gasteiger charge is 2.64. The van der Waals surface area contributed by atoms with Gasteiger partial charge in [0.2, 0.25) is 0 Å². The standard InChI is InChI=1S/C20H28O6/c1-6-10(2)18(22)25-13-9-20(4)14(21)8-7-12(24-5)16(20)17-15(13)11(3)19(23)26-17/h6,12-17,21H,3,7-9H2,1-2,4-5H3. The second-order valence-electron chi connectivity index (χ2n) is 7.94. The zero-order valence-corrected chi connectivity index (χ0v) is 15.9. The molecule has 6 heteroatoms. The first-order chi connectivity index (χ1) is 12.2. The predicted molar refractivity (Wildman–Crippen MR) is 94.1 cm³/mol. The molecule has 1 aliphatic heterocycles. The summed E-state index contributed by atoms with van der Waals surface area (Å²) in [6, 6.07) is 0. The predicted octanol–water partition coefficient (Wildman–Crippen LogP) is 2.16. The number of aliphatic hydroxyl groups is 1. The van der Waals surface area contributed by atoms with E-state index >= 15 is 0 Å². The lowest BCUT2D eigenvalue weighted by molar-refractivity contribution is -0.210. The van der Waals surface area contributed by atoms with Crippen molar-refractivity contribution < 1.29 is 28.9 Å². The molecule has 3 aliphatic rings. The number of allylic oxidation sites excluding steroid dienone is 1. The Bertz CT molecular complexity index is 653. The molecule has 0 bridgehead atoms. The van der Waals surface area contributed by atoms with E-state index in [1.165, 1.54) is 0 Å². The summed E-state index contributed by atoms with van der Waals surface area (Å²) >= 11 is 0. The van der Waals surface area contributed by atoms with Crippen molar-refractivity contribution in [2.24, 2.45) is 17.3 Å². The van der Waals surface area contributed by atoms with E-state index in [0.717, 1.165) is 0 Å². The zero-order chi connectivity index (χ0) is 19.2. The number of rotatable bonds is 3. The highest BCUT2D eigenvalue weighted by Crippen LogP contribution is 2.57. The van der Waals surface area contributed by atoms with Gasteiger partial charge in [-0.15, -0.1) is 0 Å². The van der Waals surface area contributed by atoms with Crippen LogP contribution in [-0.4, -0.2) is 48.6 Å². The molecule has 3 rings (SSSR count). The Kier molecular flexibility index (Phi) is 5.01. The summed E-state index contributed by atoms with van der Waals surface area (Å²) in [6.07, 6.45) is 1.68. The molecule has 0 amide bonds. The molecule has 2 aliphatic carbocycles. The summed E-state index contributed by atoms with van der Waals surface area (Å²) in [4.78, 5) is 24.6. The Morgan fingerprint density at radius 2 is 2.08 bits per heavy atom. The fourth-order valence-electron chi connectivity index (χ4n) is 4.96. The van der Waals surface area contributed by atoms with Crippen LogP contribution in [0.2, 0.25) is 0 Å². The van der Waals surface area contributed by atoms with Crippen LogP contribution < -0.4 is 0 Å². The molecular weight excluding hydrogens is 336 g/mol. The summed E-state index contributed by atoms with van der Waals surface area (Å²) in [7, 11) is 1.64. The highest BCUT2D eigenvalue weighted by atomic mass is 16.6. The van der Waals surface area contributed by atoms with E-state index in [1.54, 1.807) is 27.0 Å². The third kappa shape index (κ3) is 2.79. The van der Waals surface area contributed by atoms with Crippen LogP contribution in [0, 0.1) is 17.3 Å². The van der Waals surface area contributed by atoms with Crippen LogP contribution in [0.15, 0.2) is 23.8 Å². The lowest BCUT2D eigenvalue weighted by Crippen LogP contribution is -2.62. The highest BCUT2D eigenvalue weighted by molar-refractivity contribution is 5.91. The molecule has 7 atom stereocenters. The molecule has 1 N–H and O–H groups in total. The Labute approximate surface area is 154 Å². The van der Waals surface area contributed by atoms with Gasteiger partial charge in [-0.3, -0.25) is 0 Å². The van der Waals surface area contributed by atoms with Gasteiger partial charge in [0.05, 0.1) is 18.1 Å². The van der Waals surface area contributed by atoms with Crippen molar-refractivity contribution in [3.05, 3.63) is 23.8 Å². The fraction of sp³-hybridized carbons (Fsp3) is 0.700. The number of ether oxygens (including phenoxy) is 3. The maximum atomic E-state index is 12.4. The monoisotopic (exact) mass is 364 g/mol. The number of aliphatic hydroxyl groups excluding tert-OH is 1. The van der Waals surface area contributed by atoms with Crippen molar-refractivity contribution in [3.8, 4) is 0 Å². The maximum absolute atomic E-state index is 12.4. The second-order valence-corrected chi connectivity index (χ2v) is 7.94. The minimum Gasteiger partial charge on any atom is -0.458 e. The van der Waals surface area contributed by atoms with Gasteiger partial charge in [0.1, 0.15) is 12.2 Å². The lowest BCUT2D eigenvalue weighted by atomic mass is 9.53. The summed E-state index contributed by atoms with van der Waals surface area (Å²) in [5.74, 6) is -1.44. The van der Waals surface area contributed by atoms with Gasteiger partial charge < -0.3 is 19.3 Å². The number of carbonyl (C=O) groups is 2. The number of methoxy groups -OCH3 is 1. The van der Waals surface area contributed by atoms with Crippen molar-refractivity contribution >= 4 is 11.9 Å². The van der Waals surface area contributed by atoms with Crippen LogP contribution in [0.5, 0.6) is 0 Å². The third-order valence-electron chi connectivity index (χ3n) is 6.62. The van der Waals surface area contributed by atoms with Gasteiger partial charge in [0, 0.05) is 29.6 Å². The van der Waals surface area contributed by atoms with E-state index in [4.69, 9.17) is 14.2 Å². The molecule has 6 nitrogen and oxygen atoms in total. The molecular formula is C20H28O6. The summed E-state index contributed by atoms with van der Waals surface area (Å²) in [5, 5.41) is 10.8. The van der Waals surface area contributed by atoms with Crippen LogP contribution in [-0.2, 0) is 23.8 Å². The van der Waals surface area contributed by atoms with Crippen LogP contribution in [0.1, 0.15) is 40.0 Å². The Morgan fingerprint density at radius 3 is 2.69 bits per heavy atom. The quantitative estimate of drug-likeness (QED) is 0.610. The molecule has 2 saturated carbocycles. The molecule has 7 unspecified atom stereocenters. The minimum absolute atomic E-state index is 0.122. The molecule has 3 fully saturated rings. The largest absolute Gasteiger partial charge is 0.458 e. The van der Waals surface area contributed by atoms with Crippen LogP contribution >= 0.6 is 0 Å². The number of esters is 2. The molecule has 0 aromatic heterocycles. The summed E-state index contributed by atoms with van der Waals surface area (Å²) < 4.78 is 17.1. The third-order valence-corrected chi connectivity index (χ3v) is 6.62. The first-order valence-electron chi connectivity index (χ1n) is 9.19. The fourth-order valence-corrected chi connectivity index (χ4v) is 4.96. The normalized spacial score (nSPS) is 42.7. The van der Waals surface area contributed by atoms with Crippen molar-refractivity contribution in [1.29, 1.82) is 0 Å². The number of hydrogen-bond acceptors (Lipinski definition) is 6. The first kappa shape index (κ1) is 19.1. The van der Waals surface area contributed by atoms with Crippen LogP contribution in [0.25, 0.3) is 0 Å². The van der Waals surface area contributed by atoms with Crippen molar-refractivity contribution in [2.75, 3.05) is 7.11 Å². The van der Waals surface area contributed by atoms with E-state index in [-0.39, 0.29) is 12.0 Å². The number of carbonyl (C=O) groups excluding carboxylic acids is 2. The van der Waals surface area contributed by atoms with E-state index in [0.29, 0.717) is 30.4 Å². The summed E-state index contributed by atoms with van der Waals surface area (Å²) in [6.45, 7) is 9.32. The van der Waals surface area contributed by atoms with E-state index in [1.807, 2.05) is 6.92 Å². The zero-order valence-electron chi connectivity index (χ0n) is 15.9. The first-order valence-corrected chi connectivity index (χ1v) is 9.19. The van der Waals surface area contributed by atoms with E-state index in [2.05, 4.69) is 6.58 Å². The van der Waals surface area contributed by atoms with Gasteiger partial charge in [-0.2, -0.15) is 0 Å². The van der Waals surface area contributed by atoms with Gasteiger partial charge in [-0.25, -0.2) is 9.59 Å². The Morgan fingerprint density at radius 1 is 1.38 bits per heavy atom. The Balaban J connectivity index is 1.99. The topological polar surface area (TPSA) is 82.1 Å². The minimum atomic E-state index is -0.573. The Hall–Kier alpha value is -1.66. The molecule has 0 radical (unpaired) electrons. The molecule has 0 aromatic rings. The van der Waals surface area contributed by atoms with Gasteiger partial charge in [0.15, 0.2) is 0 Å². The molecule has 0 aromatic carbocycles. The second kappa shape index (κ2) is 6.82. The number of fused-ring (bicyclic) bond motifs is 3. The van der Waals surface area contributed by atoms with Crippen molar-refractivity contribution in [3.63, 3.8) is 0 Å². The lowest BCUT2D eigenvalue weighted by Gasteiger charge is -2.56. The van der Waals surface area contributed by atoms with Gasteiger partial charge in [-0.05, 0) is 33.1 Å². The molecule has 0 spiro atoms. The van der Waals surface area contributed by atoms with Crippen LogP contribution in [0.3, 0.4) is 0 Å². The molecule has 26 heavy (non-hydrogen) atoms. The van der Waals surface area contributed by atoms with Crippen LogP contribution in [0.4, 0.5) is 0 Å². The van der Waals surface area contributed by atoms with Crippen molar-refractivity contribution in [2.45, 2.75) is 64.4 Å². The van der Waals surface area contributed by atoms with Crippen molar-refractivity contribution in [1.82, 2.24) is 0 Å². The van der Waals surface area contributed by atoms with Gasteiger partial charge in [-0.1, -0.05) is 19.6 Å². The summed E-state index contributed by atoms with van der Waals surface area (Å²) in [5.41, 5.74) is 0.270. The van der Waals surface area contributed by atoms with Gasteiger partial charge in [0.25, 0.3) is 0 Å². The average Bonchev–Trinajstić information content (AvgIpc) is 2.90. The SMILES string of the molecule is C=C1C(=O)OC2C1C(OC(=O)C(C)=CC)CC1(C)C(O)CCC(OC)C21. The van der Waals surface area contributed by atoms with E-state index in [9.17, 15) is 14.7 Å². The molecule has 144 valence electrons. The molecule has 1 heterocycles. The average molecular weight is 364 g/mol. The van der Waals surface area contributed by atoms with E-state index < -0.39 is 41.6 Å². The maximum Gasteiger partial charge on any atom is 0.334 e. The van der Waals surface area contributed by atoms with Gasteiger partial charge >= 0.3 is 11.9 Å².